The molecule has 4 rings (SSSR count). The van der Waals surface area contributed by atoms with E-state index >= 15 is 0 Å². The number of nitrogens with one attached hydrogen (secondary N) is 1. The summed E-state index contributed by atoms with van der Waals surface area (Å²) in [6.45, 7) is 0.441. The van der Waals surface area contributed by atoms with Gasteiger partial charge >= 0.3 is 0 Å². The maximum absolute atomic E-state index is 13.8. The van der Waals surface area contributed by atoms with Gasteiger partial charge < -0.3 is 5.32 Å². The van der Waals surface area contributed by atoms with E-state index in [-0.39, 0.29) is 33.0 Å². The zero-order valence-corrected chi connectivity index (χ0v) is 21.3. The molecule has 180 valence electrons. The number of hydrogen-bond donors (Lipinski definition) is 1. The largest absolute Gasteiger partial charge is 0.307 e. The number of sulfone groups is 1. The van der Waals surface area contributed by atoms with Crippen LogP contribution in [-0.2, 0) is 33.0 Å². The standard InChI is InChI=1S/C24H24Cl2N2O4S2/c25-21-12-11-20(13-22(21)26)34(31,32)28(15-19-9-5-2-6-10-19)24-17-33(29,30)16-23(24)27-14-18-7-3-1-4-8-18/h1-13,23-24,27H,14-17H2/t23-,24-/m0/s1. The first-order chi connectivity index (χ1) is 16.2. The van der Waals surface area contributed by atoms with Gasteiger partial charge in [0.25, 0.3) is 0 Å². The third kappa shape index (κ3) is 5.82. The van der Waals surface area contributed by atoms with E-state index in [1.165, 1.54) is 22.5 Å². The average Bonchev–Trinajstić information content (AvgIpc) is 3.13. The van der Waals surface area contributed by atoms with Crippen LogP contribution in [0.1, 0.15) is 11.1 Å². The van der Waals surface area contributed by atoms with Crippen LogP contribution in [0.15, 0.2) is 83.8 Å². The molecule has 0 aromatic heterocycles. The fourth-order valence-corrected chi connectivity index (χ4v) is 8.16. The maximum Gasteiger partial charge on any atom is 0.243 e. The lowest BCUT2D eigenvalue weighted by Crippen LogP contribution is -2.51. The Morgan fingerprint density at radius 1 is 0.853 bits per heavy atom. The third-order valence-corrected chi connectivity index (χ3v) is 10.1. The Bertz CT molecular complexity index is 1350. The molecule has 0 bridgehead atoms. The van der Waals surface area contributed by atoms with Crippen molar-refractivity contribution in [1.29, 1.82) is 0 Å². The van der Waals surface area contributed by atoms with Gasteiger partial charge in [0.1, 0.15) is 0 Å². The normalized spacial score (nSPS) is 20.0. The first-order valence-electron chi connectivity index (χ1n) is 10.6. The second-order valence-electron chi connectivity index (χ2n) is 8.23. The maximum atomic E-state index is 13.8. The summed E-state index contributed by atoms with van der Waals surface area (Å²) < 4.78 is 54.3. The molecule has 1 heterocycles. The molecule has 1 fully saturated rings. The fraction of sp³-hybridized carbons (Fsp3) is 0.250. The van der Waals surface area contributed by atoms with Gasteiger partial charge in [-0.25, -0.2) is 16.8 Å². The van der Waals surface area contributed by atoms with Crippen molar-refractivity contribution in [3.63, 3.8) is 0 Å². The lowest BCUT2D eigenvalue weighted by molar-refractivity contribution is 0.286. The SMILES string of the molecule is O=S1(=O)C[C@H](NCc2ccccc2)[C@@H](N(Cc2ccccc2)S(=O)(=O)c2ccc(Cl)c(Cl)c2)C1. The Labute approximate surface area is 210 Å². The van der Waals surface area contributed by atoms with Crippen molar-refractivity contribution >= 4 is 43.1 Å². The van der Waals surface area contributed by atoms with Crippen molar-refractivity contribution in [2.24, 2.45) is 0 Å². The molecular weight excluding hydrogens is 515 g/mol. The molecule has 1 aliphatic heterocycles. The van der Waals surface area contributed by atoms with Crippen LogP contribution in [0.5, 0.6) is 0 Å². The molecule has 0 spiro atoms. The quantitative estimate of drug-likeness (QED) is 0.465. The average molecular weight is 540 g/mol. The van der Waals surface area contributed by atoms with Crippen LogP contribution in [0.4, 0.5) is 0 Å². The number of benzene rings is 3. The van der Waals surface area contributed by atoms with Gasteiger partial charge in [0.15, 0.2) is 9.84 Å². The molecule has 1 saturated heterocycles. The molecule has 0 saturated carbocycles. The molecule has 6 nitrogen and oxygen atoms in total. The number of halogens is 2. The van der Waals surface area contributed by atoms with E-state index < -0.39 is 31.9 Å². The fourth-order valence-electron chi connectivity index (χ4n) is 4.07. The van der Waals surface area contributed by atoms with Crippen LogP contribution >= 0.6 is 23.2 Å². The van der Waals surface area contributed by atoms with Gasteiger partial charge in [-0.2, -0.15) is 4.31 Å². The summed E-state index contributed by atoms with van der Waals surface area (Å²) in [5, 5.41) is 3.63. The minimum absolute atomic E-state index is 0.0210. The summed E-state index contributed by atoms with van der Waals surface area (Å²) in [5.41, 5.74) is 1.73. The van der Waals surface area contributed by atoms with Gasteiger partial charge in [0.2, 0.25) is 10.0 Å². The number of rotatable bonds is 8. The van der Waals surface area contributed by atoms with E-state index in [0.717, 1.165) is 11.1 Å². The van der Waals surface area contributed by atoms with Gasteiger partial charge in [-0.15, -0.1) is 0 Å². The van der Waals surface area contributed by atoms with Crippen molar-refractivity contribution in [3.05, 3.63) is 100 Å². The van der Waals surface area contributed by atoms with Crippen molar-refractivity contribution in [3.8, 4) is 0 Å². The highest BCUT2D eigenvalue weighted by Gasteiger charge is 2.45. The van der Waals surface area contributed by atoms with Crippen LogP contribution in [0.25, 0.3) is 0 Å². The summed E-state index contributed by atoms with van der Waals surface area (Å²) in [6.07, 6.45) is 0. The molecule has 2 atom stereocenters. The van der Waals surface area contributed by atoms with Crippen molar-refractivity contribution < 1.29 is 16.8 Å². The molecular formula is C24H24Cl2N2O4S2. The highest BCUT2D eigenvalue weighted by atomic mass is 35.5. The molecule has 1 aliphatic rings. The second kappa shape index (κ2) is 10.4. The van der Waals surface area contributed by atoms with Crippen molar-refractivity contribution in [2.45, 2.75) is 30.1 Å². The molecule has 10 heteroatoms. The Kier molecular flexibility index (Phi) is 7.66. The molecule has 0 radical (unpaired) electrons. The summed E-state index contributed by atoms with van der Waals surface area (Å²) in [5.74, 6) is -0.417. The van der Waals surface area contributed by atoms with Crippen LogP contribution < -0.4 is 5.32 Å². The molecule has 0 aliphatic carbocycles. The minimum Gasteiger partial charge on any atom is -0.307 e. The van der Waals surface area contributed by atoms with Gasteiger partial charge in [0.05, 0.1) is 32.5 Å². The minimum atomic E-state index is -4.10. The summed E-state index contributed by atoms with van der Waals surface area (Å²) in [7, 11) is -7.56. The predicted octanol–water partition coefficient (Wildman–Crippen LogP) is 4.14. The van der Waals surface area contributed by atoms with E-state index in [4.69, 9.17) is 23.2 Å². The van der Waals surface area contributed by atoms with Crippen LogP contribution in [-0.4, -0.2) is 44.7 Å². The smallest absolute Gasteiger partial charge is 0.243 e. The monoisotopic (exact) mass is 538 g/mol. The zero-order chi connectivity index (χ0) is 24.3. The molecule has 34 heavy (non-hydrogen) atoms. The van der Waals surface area contributed by atoms with Crippen molar-refractivity contribution in [1.82, 2.24) is 9.62 Å². The van der Waals surface area contributed by atoms with E-state index in [1.54, 1.807) is 0 Å². The topological polar surface area (TPSA) is 83.6 Å². The number of nitrogens with zero attached hydrogens (tertiary/aromatic N) is 1. The lowest BCUT2D eigenvalue weighted by atomic mass is 10.1. The van der Waals surface area contributed by atoms with Crippen molar-refractivity contribution in [2.75, 3.05) is 11.5 Å². The third-order valence-electron chi connectivity index (χ3n) is 5.78. The van der Waals surface area contributed by atoms with E-state index in [1.807, 2.05) is 60.7 Å². The molecule has 3 aromatic carbocycles. The van der Waals surface area contributed by atoms with Crippen LogP contribution in [0.2, 0.25) is 10.0 Å². The van der Waals surface area contributed by atoms with Crippen LogP contribution in [0, 0.1) is 0 Å². The number of hydrogen-bond acceptors (Lipinski definition) is 5. The Balaban J connectivity index is 1.72. The highest BCUT2D eigenvalue weighted by Crippen LogP contribution is 2.31. The molecule has 1 N–H and O–H groups in total. The summed E-state index contributed by atoms with van der Waals surface area (Å²) >= 11 is 12.1. The summed E-state index contributed by atoms with van der Waals surface area (Å²) in [4.78, 5) is -0.0380. The first kappa shape index (κ1) is 25.2. The van der Waals surface area contributed by atoms with Crippen LogP contribution in [0.3, 0.4) is 0 Å². The highest BCUT2D eigenvalue weighted by molar-refractivity contribution is 7.92. The first-order valence-corrected chi connectivity index (χ1v) is 14.7. The van der Waals surface area contributed by atoms with Gasteiger partial charge in [-0.05, 0) is 29.3 Å². The molecule has 0 unspecified atom stereocenters. The Hall–Kier alpha value is -1.94. The molecule has 3 aromatic rings. The van der Waals surface area contributed by atoms with E-state index in [0.29, 0.717) is 6.54 Å². The van der Waals surface area contributed by atoms with Gasteiger partial charge in [-0.3, -0.25) is 0 Å². The second-order valence-corrected chi connectivity index (χ2v) is 13.1. The lowest BCUT2D eigenvalue weighted by Gasteiger charge is -2.32. The summed E-state index contributed by atoms with van der Waals surface area (Å²) in [6, 6.07) is 21.4. The van der Waals surface area contributed by atoms with E-state index in [2.05, 4.69) is 5.32 Å². The van der Waals surface area contributed by atoms with Gasteiger partial charge in [-0.1, -0.05) is 83.9 Å². The van der Waals surface area contributed by atoms with Gasteiger partial charge in [0, 0.05) is 19.1 Å². The zero-order valence-electron chi connectivity index (χ0n) is 18.1. The number of sulfonamides is 1. The predicted molar refractivity (Wildman–Crippen MR) is 135 cm³/mol. The van der Waals surface area contributed by atoms with E-state index in [9.17, 15) is 16.8 Å². The Morgan fingerprint density at radius 2 is 1.47 bits per heavy atom. The molecule has 0 amide bonds. The Morgan fingerprint density at radius 3 is 2.09 bits per heavy atom.